The zero-order valence-electron chi connectivity index (χ0n) is 68.6. The van der Waals surface area contributed by atoms with E-state index in [2.05, 4.69) is 98.5 Å². The van der Waals surface area contributed by atoms with Crippen LogP contribution in [0.5, 0.6) is 29.5 Å². The molecule has 0 saturated carbocycles. The van der Waals surface area contributed by atoms with E-state index in [0.29, 0.717) is 150 Å². The monoisotopic (exact) mass is 1650 g/mol. The van der Waals surface area contributed by atoms with Gasteiger partial charge in [0, 0.05) is 99.3 Å². The number of hydrogen-bond acceptors (Lipinski definition) is 27. The number of aromatic amines is 1. The lowest BCUT2D eigenvalue weighted by molar-refractivity contribution is -0.129. The summed E-state index contributed by atoms with van der Waals surface area (Å²) in [7, 11) is 6.23. The molecule has 7 aromatic rings. The quantitative estimate of drug-likeness (QED) is 0.0655. The Morgan fingerprint density at radius 2 is 0.851 bits per heavy atom. The van der Waals surface area contributed by atoms with Gasteiger partial charge in [-0.25, -0.2) is 9.37 Å². The number of carbonyl (C=O) groups excluding carboxylic acids is 6. The Balaban J connectivity index is 0.000000148. The molecular weight excluding hydrogens is 1550 g/mol. The number of aromatic nitrogens is 8. The van der Waals surface area contributed by atoms with Crippen molar-refractivity contribution in [3.05, 3.63) is 161 Å². The molecule has 4 aromatic heterocycles. The third-order valence-corrected chi connectivity index (χ3v) is 24.2. The first-order valence-electron chi connectivity index (χ1n) is 41.0. The fourth-order valence-corrected chi connectivity index (χ4v) is 17.4. The van der Waals surface area contributed by atoms with E-state index in [1.165, 1.54) is 35.3 Å². The summed E-state index contributed by atoms with van der Waals surface area (Å²) in [5.74, 6) is -0.314. The van der Waals surface area contributed by atoms with E-state index < -0.39 is 11.7 Å². The molecule has 0 spiro atoms. The molecule has 6 atom stereocenters. The maximum Gasteiger partial charge on any atom is 0.318 e. The number of hydrogen-bond donors (Lipinski definition) is 3. The number of halogens is 1. The van der Waals surface area contributed by atoms with Gasteiger partial charge < -0.3 is 88.2 Å². The van der Waals surface area contributed by atoms with Gasteiger partial charge in [0.15, 0.2) is 5.82 Å². The standard InChI is InChI=1S/C29H33N9O3.C29H35N7O4.C28H32FN7O4/c1-3-25(39)38-14-13-36(15-19(38)10-11-30)27-21-16-37(28(40)26-31-22-8-4-5-9-23(22)32-26)17-24(21)33-29(34-27)41-18-20-7-6-12-35(20)2;1-4-26(38)36-13-12-34(15-20(36)9-10-30)27-24-16-35(28(39)23-14-22(37)8-7-19(23)2)17-25(24)31-29(32-27)40-18-21-6-5-11-33(21)3;1-3-25(38)36-12-11-34(14-18(36)8-9-30)26-22-15-35(27(39)21-13-20(37)6-7-23(21)29)16-24(22)31-28(32-26)40-17-19-5-4-10-33(19)2/h3-5,8-9,19-20H,1,6-7,10,12-18H2,2H3,(H,31,32);4,7-8,14,20-21,37H,1,5-6,9,11-13,15-18H2,2-3H3;3,6-7,13,18-19,37H,1,4-5,8,10-12,14-17H2,2H3/t19-,20-;20-,21-;18-,19-/m000/s1. The molecule has 3 aromatic carbocycles. The van der Waals surface area contributed by atoms with Crippen molar-refractivity contribution in [2.24, 2.45) is 0 Å². The van der Waals surface area contributed by atoms with Crippen molar-refractivity contribution < 1.29 is 57.6 Å². The molecule has 16 rings (SSSR count). The highest BCUT2D eigenvalue weighted by Crippen LogP contribution is 2.39. The van der Waals surface area contributed by atoms with E-state index in [4.69, 9.17) is 39.1 Å². The number of likely N-dealkylation sites (N-methyl/N-ethyl adjacent to an activating group) is 3. The summed E-state index contributed by atoms with van der Waals surface area (Å²) in [5.41, 5.74) is 6.94. The van der Waals surface area contributed by atoms with E-state index in [9.17, 15) is 59.2 Å². The normalized spacial score (nSPS) is 20.8. The van der Waals surface area contributed by atoms with Crippen molar-refractivity contribution in [1.82, 2.24) is 84.0 Å². The third kappa shape index (κ3) is 18.8. The van der Waals surface area contributed by atoms with Crippen LogP contribution in [0.1, 0.15) is 128 Å². The van der Waals surface area contributed by atoms with Crippen LogP contribution in [0.25, 0.3) is 11.0 Å². The number of H-pyrrole nitrogens is 1. The highest BCUT2D eigenvalue weighted by Gasteiger charge is 2.42. The van der Waals surface area contributed by atoms with Crippen molar-refractivity contribution in [2.75, 3.05) is 134 Å². The van der Waals surface area contributed by atoms with Gasteiger partial charge in [0.1, 0.15) is 54.6 Å². The summed E-state index contributed by atoms with van der Waals surface area (Å²) in [4.78, 5) is 137. The largest absolute Gasteiger partial charge is 0.508 e. The third-order valence-electron chi connectivity index (χ3n) is 24.2. The predicted molar refractivity (Wildman–Crippen MR) is 442 cm³/mol. The van der Waals surface area contributed by atoms with Gasteiger partial charge in [-0.1, -0.05) is 37.9 Å². The maximum absolute atomic E-state index is 14.5. The fourth-order valence-electron chi connectivity index (χ4n) is 17.4. The summed E-state index contributed by atoms with van der Waals surface area (Å²) < 4.78 is 32.8. The first-order valence-corrected chi connectivity index (χ1v) is 41.0. The van der Waals surface area contributed by atoms with Crippen LogP contribution >= 0.6 is 0 Å². The average Bonchev–Trinajstić information content (AvgIpc) is 1.62. The number of para-hydroxylation sites is 2. The minimum Gasteiger partial charge on any atom is -0.508 e. The molecule has 34 nitrogen and oxygen atoms in total. The number of aromatic hydroxyl groups is 2. The zero-order valence-corrected chi connectivity index (χ0v) is 68.6. The van der Waals surface area contributed by atoms with Crippen molar-refractivity contribution in [3.63, 3.8) is 0 Å². The molecule has 3 N–H and O–H groups in total. The molecular formula is C86H100FN23O11. The molecule has 0 unspecified atom stereocenters. The number of aryl methyl sites for hydroxylation is 1. The molecule has 9 aliphatic heterocycles. The number of fused-ring (bicyclic) bond motifs is 4. The van der Waals surface area contributed by atoms with Gasteiger partial charge >= 0.3 is 18.0 Å². The smallest absolute Gasteiger partial charge is 0.318 e. The van der Waals surface area contributed by atoms with Gasteiger partial charge in [-0.3, -0.25) is 28.8 Å². The molecule has 9 aliphatic rings. The number of anilines is 3. The summed E-state index contributed by atoms with van der Waals surface area (Å²) in [6.45, 7) is 22.5. The molecule has 0 aliphatic carbocycles. The van der Waals surface area contributed by atoms with Gasteiger partial charge in [-0.05, 0) is 152 Å². The predicted octanol–water partition coefficient (Wildman–Crippen LogP) is 6.40. The summed E-state index contributed by atoms with van der Waals surface area (Å²) >= 11 is 0. The number of likely N-dealkylation sites (tertiary alicyclic amines) is 3. The second-order valence-corrected chi connectivity index (χ2v) is 31.9. The summed E-state index contributed by atoms with van der Waals surface area (Å²) in [6, 6.07) is 22.8. The molecule has 6 saturated heterocycles. The Bertz CT molecular complexity index is 5020. The molecule has 6 amide bonds. The van der Waals surface area contributed by atoms with Gasteiger partial charge in [0.05, 0.1) is 129 Å². The Hall–Kier alpha value is -12.9. The Morgan fingerprint density at radius 1 is 0.479 bits per heavy atom. The van der Waals surface area contributed by atoms with Crippen LogP contribution < -0.4 is 28.9 Å². The number of phenolic OH excluding ortho intramolecular Hbond substituents is 2. The SMILES string of the molecule is C=CC(=O)N1CCN(c2nc(OC[C@@H]3CCCN3C)nc3c2CN(C(=O)c2cc(O)ccc2C)C3)C[C@@H]1CC#N.C=CC(=O)N1CCN(c2nc(OC[C@@H]3CCCN3C)nc3c2CN(C(=O)c2cc(O)ccc2F)C3)C[C@@H]1CC#N.C=CC(=O)N1CCN(c2nc(OC[C@@H]3CCCN3C)nc3c2CN(C(=O)c2nc4ccccc4[nH]2)C3)C[C@@H]1CC#N. The Morgan fingerprint density at radius 3 is 1.22 bits per heavy atom. The first kappa shape index (κ1) is 84.5. The van der Waals surface area contributed by atoms with Crippen LogP contribution in [-0.4, -0.2) is 285 Å². The molecule has 121 heavy (non-hydrogen) atoms. The van der Waals surface area contributed by atoms with Gasteiger partial charge in [0.25, 0.3) is 17.7 Å². The lowest BCUT2D eigenvalue weighted by atomic mass is 10.1. The molecule has 0 bridgehead atoms. The molecule has 6 fully saturated rings. The van der Waals surface area contributed by atoms with Crippen LogP contribution in [0.3, 0.4) is 0 Å². The van der Waals surface area contributed by atoms with Crippen LogP contribution in [0.4, 0.5) is 21.8 Å². The average molecular weight is 1650 g/mol. The summed E-state index contributed by atoms with van der Waals surface area (Å²) in [5, 5.41) is 48.1. The Labute approximate surface area is 700 Å². The fraction of sp³-hybridized carbons (Fsp3) is 0.465. The maximum atomic E-state index is 14.5. The van der Waals surface area contributed by atoms with E-state index in [0.717, 1.165) is 104 Å². The molecule has 632 valence electrons. The van der Waals surface area contributed by atoms with Gasteiger partial charge in [0.2, 0.25) is 17.7 Å². The number of piperazine rings is 3. The van der Waals surface area contributed by atoms with Crippen LogP contribution in [0.15, 0.2) is 98.6 Å². The van der Waals surface area contributed by atoms with Gasteiger partial charge in [-0.15, -0.1) is 0 Å². The zero-order chi connectivity index (χ0) is 85.3. The lowest BCUT2D eigenvalue weighted by Crippen LogP contribution is -2.55. The number of rotatable bonds is 21. The minimum absolute atomic E-state index is 0.0363. The number of benzene rings is 3. The number of ether oxygens (including phenoxy) is 3. The van der Waals surface area contributed by atoms with Crippen molar-refractivity contribution in [1.29, 1.82) is 15.8 Å². The number of nitriles is 3. The second kappa shape index (κ2) is 37.6. The second-order valence-electron chi connectivity index (χ2n) is 31.9. The van der Waals surface area contributed by atoms with E-state index >= 15 is 0 Å². The van der Waals surface area contributed by atoms with Crippen LogP contribution in [-0.2, 0) is 53.7 Å². The molecule has 13 heterocycles. The molecule has 0 radical (unpaired) electrons. The van der Waals surface area contributed by atoms with Crippen LogP contribution in [0.2, 0.25) is 0 Å². The minimum atomic E-state index is -0.725. The Kier molecular flexibility index (Phi) is 26.3. The lowest BCUT2D eigenvalue weighted by Gasteiger charge is -2.41. The number of amides is 6. The number of imidazole rings is 1. The van der Waals surface area contributed by atoms with Gasteiger partial charge in [-0.2, -0.15) is 45.7 Å². The van der Waals surface area contributed by atoms with Crippen molar-refractivity contribution in [3.8, 4) is 47.7 Å². The first-order chi connectivity index (χ1) is 58.5. The topological polar surface area (TPSA) is 387 Å². The number of nitrogens with zero attached hydrogens (tertiary/aromatic N) is 22. The van der Waals surface area contributed by atoms with E-state index in [1.807, 2.05) is 36.1 Å². The van der Waals surface area contributed by atoms with Crippen LogP contribution in [0, 0.1) is 46.7 Å². The van der Waals surface area contributed by atoms with E-state index in [-0.39, 0.29) is 134 Å². The van der Waals surface area contributed by atoms with Crippen molar-refractivity contribution in [2.45, 2.75) is 140 Å². The number of carbonyl (C=O) groups is 6. The molecule has 35 heteroatoms. The number of nitrogens with one attached hydrogen (secondary N) is 1. The van der Waals surface area contributed by atoms with E-state index in [1.54, 1.807) is 36.6 Å². The highest BCUT2D eigenvalue weighted by atomic mass is 19.1. The summed E-state index contributed by atoms with van der Waals surface area (Å²) in [6.07, 6.45) is 10.8. The number of phenols is 2. The highest BCUT2D eigenvalue weighted by molar-refractivity contribution is 5.97. The van der Waals surface area contributed by atoms with Crippen molar-refractivity contribution >= 4 is 63.9 Å².